The van der Waals surface area contributed by atoms with Crippen LogP contribution < -0.4 is 5.56 Å². The summed E-state index contributed by atoms with van der Waals surface area (Å²) < 4.78 is 12.8. The highest BCUT2D eigenvalue weighted by atomic mass is 16.6. The molecule has 0 saturated carbocycles. The third-order valence-electron chi connectivity index (χ3n) is 6.46. The van der Waals surface area contributed by atoms with Gasteiger partial charge in [-0.1, -0.05) is 78.9 Å². The van der Waals surface area contributed by atoms with Crippen molar-refractivity contribution in [1.82, 2.24) is 4.57 Å². The molecule has 0 amide bonds. The fraction of sp³-hybridized carbons (Fsp3) is 0.167. The molecule has 3 aromatic carbocycles. The van der Waals surface area contributed by atoms with Crippen molar-refractivity contribution < 1.29 is 19.1 Å². The van der Waals surface area contributed by atoms with Gasteiger partial charge in [0, 0.05) is 30.8 Å². The second-order valence-corrected chi connectivity index (χ2v) is 8.93. The Morgan fingerprint density at radius 1 is 0.694 bits per heavy atom. The quantitative estimate of drug-likeness (QED) is 0.290. The minimum atomic E-state index is -1.56. The number of ether oxygens (including phenoxy) is 2. The molecule has 180 valence electrons. The van der Waals surface area contributed by atoms with Crippen molar-refractivity contribution >= 4 is 11.9 Å². The Morgan fingerprint density at radius 2 is 1.17 bits per heavy atom. The van der Waals surface area contributed by atoms with Gasteiger partial charge in [-0.05, 0) is 34.4 Å². The number of para-hydroxylation sites is 1. The molecule has 0 atom stereocenters. The summed E-state index contributed by atoms with van der Waals surface area (Å²) in [6, 6.07) is 29.3. The molecule has 1 aliphatic carbocycles. The van der Waals surface area contributed by atoms with Crippen molar-refractivity contribution in [2.45, 2.75) is 26.1 Å². The predicted octanol–water partition coefficient (Wildman–Crippen LogP) is 4.41. The first-order chi connectivity index (χ1) is 17.5. The molecular weight excluding hydrogens is 454 g/mol. The van der Waals surface area contributed by atoms with Crippen LogP contribution in [-0.2, 0) is 45.1 Å². The topological polar surface area (TPSA) is 74.6 Å². The van der Waals surface area contributed by atoms with Gasteiger partial charge in [-0.15, -0.1) is 0 Å². The van der Waals surface area contributed by atoms with E-state index in [1.54, 1.807) is 6.20 Å². The maximum Gasteiger partial charge on any atom is 0.324 e. The zero-order valence-corrected chi connectivity index (χ0v) is 19.6. The van der Waals surface area contributed by atoms with E-state index < -0.39 is 17.4 Å². The molecule has 1 aliphatic rings. The minimum Gasteiger partial charge on any atom is -0.460 e. The number of hydrogen-bond acceptors (Lipinski definition) is 5. The van der Waals surface area contributed by atoms with Crippen LogP contribution in [0.15, 0.2) is 108 Å². The number of rotatable bonds is 7. The lowest BCUT2D eigenvalue weighted by Crippen LogP contribution is -2.42. The maximum absolute atomic E-state index is 13.5. The van der Waals surface area contributed by atoms with Gasteiger partial charge in [0.25, 0.3) is 5.56 Å². The van der Waals surface area contributed by atoms with E-state index in [1.807, 2.05) is 91.0 Å². The van der Waals surface area contributed by atoms with Gasteiger partial charge in [0.15, 0.2) is 5.41 Å². The Bertz CT molecular complexity index is 1370. The van der Waals surface area contributed by atoms with Crippen molar-refractivity contribution in [2.75, 3.05) is 0 Å². The van der Waals surface area contributed by atoms with Crippen LogP contribution in [0, 0.1) is 5.41 Å². The molecule has 4 aromatic rings. The monoisotopic (exact) mass is 479 g/mol. The number of hydrogen-bond donors (Lipinski definition) is 0. The van der Waals surface area contributed by atoms with E-state index in [1.165, 1.54) is 10.6 Å². The van der Waals surface area contributed by atoms with Gasteiger partial charge in [0.2, 0.25) is 0 Å². The number of benzene rings is 3. The zero-order valence-electron chi connectivity index (χ0n) is 19.6. The van der Waals surface area contributed by atoms with Gasteiger partial charge in [-0.2, -0.15) is 0 Å². The van der Waals surface area contributed by atoms with E-state index in [-0.39, 0.29) is 31.6 Å². The van der Waals surface area contributed by atoms with Crippen molar-refractivity contribution in [3.63, 3.8) is 0 Å². The van der Waals surface area contributed by atoms with Crippen molar-refractivity contribution in [2.24, 2.45) is 5.41 Å². The Balaban J connectivity index is 1.44. The van der Waals surface area contributed by atoms with Crippen LogP contribution >= 0.6 is 0 Å². The summed E-state index contributed by atoms with van der Waals surface area (Å²) in [7, 11) is 0. The Labute approximate surface area is 208 Å². The summed E-state index contributed by atoms with van der Waals surface area (Å²) in [4.78, 5) is 39.9. The zero-order chi connectivity index (χ0) is 25.0. The first kappa shape index (κ1) is 23.3. The lowest BCUT2D eigenvalue weighted by molar-refractivity contribution is -0.173. The smallest absolute Gasteiger partial charge is 0.324 e. The molecule has 1 heterocycles. The number of fused-ring (bicyclic) bond motifs is 1. The molecule has 0 spiro atoms. The van der Waals surface area contributed by atoms with E-state index in [2.05, 4.69) is 0 Å². The summed E-state index contributed by atoms with van der Waals surface area (Å²) in [5.41, 5.74) is 1.95. The second-order valence-electron chi connectivity index (χ2n) is 8.93. The minimum absolute atomic E-state index is 0.0422. The molecule has 0 aliphatic heterocycles. The molecule has 0 radical (unpaired) electrons. The summed E-state index contributed by atoms with van der Waals surface area (Å²) >= 11 is 0. The number of aromatic nitrogens is 1. The fourth-order valence-corrected chi connectivity index (χ4v) is 4.54. The van der Waals surface area contributed by atoms with Gasteiger partial charge in [-0.3, -0.25) is 19.0 Å². The highest BCUT2D eigenvalue weighted by molar-refractivity contribution is 6.01. The van der Waals surface area contributed by atoms with E-state index in [9.17, 15) is 14.4 Å². The molecule has 0 saturated heterocycles. The molecule has 0 unspecified atom stereocenters. The molecule has 36 heavy (non-hydrogen) atoms. The van der Waals surface area contributed by atoms with Crippen molar-refractivity contribution in [1.29, 1.82) is 0 Å². The highest BCUT2D eigenvalue weighted by Gasteiger charge is 2.53. The lowest BCUT2D eigenvalue weighted by atomic mass is 9.84. The second kappa shape index (κ2) is 10.0. The van der Waals surface area contributed by atoms with Crippen LogP contribution in [0.4, 0.5) is 0 Å². The molecule has 5 rings (SSSR count). The summed E-state index contributed by atoms with van der Waals surface area (Å²) in [5, 5.41) is 0. The van der Waals surface area contributed by atoms with Gasteiger partial charge in [0.1, 0.15) is 13.2 Å². The summed E-state index contributed by atoms with van der Waals surface area (Å²) in [6.45, 7) is 0.0844. The van der Waals surface area contributed by atoms with Gasteiger partial charge in [-0.25, -0.2) is 0 Å². The molecule has 0 N–H and O–H groups in total. The van der Waals surface area contributed by atoms with E-state index in [0.717, 1.165) is 16.7 Å². The standard InChI is InChI=1S/C30H25NO5/c32-27-16-24-17-30(28(33)35-20-22-10-4-1-5-11-22,29(34)36-21-23-12-6-2-7-13-23)18-25(24)19-31(27)26-14-8-3-9-15-26/h1-16,19H,17-18,20-21H2. The van der Waals surface area contributed by atoms with Crippen LogP contribution in [-0.4, -0.2) is 16.5 Å². The Hall–Kier alpha value is -4.45. The average molecular weight is 480 g/mol. The van der Waals surface area contributed by atoms with Gasteiger partial charge < -0.3 is 9.47 Å². The first-order valence-corrected chi connectivity index (χ1v) is 11.8. The number of carbonyl (C=O) groups is 2. The molecule has 0 fully saturated rings. The van der Waals surface area contributed by atoms with E-state index >= 15 is 0 Å². The van der Waals surface area contributed by atoms with Crippen LogP contribution in [0.25, 0.3) is 5.69 Å². The molecule has 0 bridgehead atoms. The van der Waals surface area contributed by atoms with Crippen molar-refractivity contribution in [3.05, 3.63) is 136 Å². The van der Waals surface area contributed by atoms with Crippen LogP contribution in [0.2, 0.25) is 0 Å². The Morgan fingerprint density at radius 3 is 1.69 bits per heavy atom. The highest BCUT2D eigenvalue weighted by Crippen LogP contribution is 2.39. The van der Waals surface area contributed by atoms with Crippen LogP contribution in [0.3, 0.4) is 0 Å². The van der Waals surface area contributed by atoms with E-state index in [0.29, 0.717) is 11.3 Å². The molecule has 6 heteroatoms. The molecular formula is C30H25NO5. The predicted molar refractivity (Wildman–Crippen MR) is 134 cm³/mol. The third kappa shape index (κ3) is 4.70. The normalized spacial score (nSPS) is 13.6. The molecule has 1 aromatic heterocycles. The first-order valence-electron chi connectivity index (χ1n) is 11.8. The summed E-state index contributed by atoms with van der Waals surface area (Å²) in [6.07, 6.45) is 1.86. The van der Waals surface area contributed by atoms with Crippen molar-refractivity contribution in [3.8, 4) is 5.69 Å². The van der Waals surface area contributed by atoms with Gasteiger partial charge >= 0.3 is 11.9 Å². The fourth-order valence-electron chi connectivity index (χ4n) is 4.54. The van der Waals surface area contributed by atoms with Gasteiger partial charge in [0.05, 0.1) is 0 Å². The SMILES string of the molecule is O=C(OCc1ccccc1)C1(C(=O)OCc2ccccc2)Cc2cc(=O)n(-c3ccccc3)cc2C1. The number of nitrogens with zero attached hydrogens (tertiary/aromatic N) is 1. The largest absolute Gasteiger partial charge is 0.460 e. The molecule has 6 nitrogen and oxygen atoms in total. The lowest BCUT2D eigenvalue weighted by Gasteiger charge is -2.24. The maximum atomic E-state index is 13.5. The summed E-state index contributed by atoms with van der Waals surface area (Å²) in [5.74, 6) is -1.31. The third-order valence-corrected chi connectivity index (χ3v) is 6.46. The number of carbonyl (C=O) groups excluding carboxylic acids is 2. The number of esters is 2. The van der Waals surface area contributed by atoms with Crippen LogP contribution in [0.1, 0.15) is 22.3 Å². The average Bonchev–Trinajstić information content (AvgIpc) is 3.31. The number of pyridine rings is 1. The Kier molecular flexibility index (Phi) is 6.50. The van der Waals surface area contributed by atoms with E-state index in [4.69, 9.17) is 9.47 Å². The van der Waals surface area contributed by atoms with Crippen LogP contribution in [0.5, 0.6) is 0 Å².